The normalized spacial score (nSPS) is 22.7. The molecule has 0 fully saturated rings. The third-order valence-electron chi connectivity index (χ3n) is 5.01. The van der Waals surface area contributed by atoms with Gasteiger partial charge in [0.15, 0.2) is 4.24 Å². The lowest BCUT2D eigenvalue weighted by Crippen LogP contribution is -2.19. The highest BCUT2D eigenvalue weighted by Crippen LogP contribution is 2.49. The summed E-state index contributed by atoms with van der Waals surface area (Å²) in [6.07, 6.45) is 3.49. The van der Waals surface area contributed by atoms with Gasteiger partial charge >= 0.3 is 0 Å². The topological polar surface area (TPSA) is 161 Å². The molecule has 0 spiro atoms. The van der Waals surface area contributed by atoms with Gasteiger partial charge in [-0.25, -0.2) is 33.7 Å². The van der Waals surface area contributed by atoms with E-state index >= 15 is 0 Å². The van der Waals surface area contributed by atoms with Crippen molar-refractivity contribution in [2.24, 2.45) is 0 Å². The fourth-order valence-electron chi connectivity index (χ4n) is 3.59. The fraction of sp³-hybridized carbons (Fsp3) is 0. The van der Waals surface area contributed by atoms with Crippen molar-refractivity contribution >= 4 is 45.4 Å². The Labute approximate surface area is 183 Å². The van der Waals surface area contributed by atoms with Crippen LogP contribution in [0.3, 0.4) is 0 Å². The fourth-order valence-corrected chi connectivity index (χ4v) is 13.0. The number of sulfone groups is 4. The van der Waals surface area contributed by atoms with Crippen LogP contribution in [0.5, 0.6) is 0 Å². The lowest BCUT2D eigenvalue weighted by atomic mass is 10.2. The molecule has 0 unspecified atom stereocenters. The second-order valence-electron chi connectivity index (χ2n) is 6.92. The molecule has 2 N–H and O–H groups in total. The molecule has 2 aromatic rings. The van der Waals surface area contributed by atoms with Crippen molar-refractivity contribution in [3.63, 3.8) is 0 Å². The maximum atomic E-state index is 13.1. The molecule has 3 aliphatic rings. The number of fused-ring (bicyclic) bond motifs is 2. The van der Waals surface area contributed by atoms with E-state index in [9.17, 15) is 33.7 Å². The van der Waals surface area contributed by atoms with Crippen LogP contribution >= 0.6 is 0 Å². The van der Waals surface area contributed by atoms with Crippen molar-refractivity contribution in [2.75, 3.05) is 0 Å². The van der Waals surface area contributed by atoms with Crippen LogP contribution in [-0.4, -0.2) is 33.7 Å². The summed E-state index contributed by atoms with van der Waals surface area (Å²) in [5.41, 5.74) is 0.285. The van der Waals surface area contributed by atoms with Gasteiger partial charge in [0.2, 0.25) is 43.6 Å². The van der Waals surface area contributed by atoms with Gasteiger partial charge in [0.25, 0.3) is 0 Å². The highest BCUT2D eigenvalue weighted by atomic mass is 32.3. The maximum Gasteiger partial charge on any atom is 0.222 e. The van der Waals surface area contributed by atoms with Crippen LogP contribution in [0.1, 0.15) is 5.56 Å². The third-order valence-corrected chi connectivity index (χ3v) is 14.3. The lowest BCUT2D eigenvalue weighted by molar-refractivity contribution is 0.595. The monoisotopic (exact) mass is 512 g/mol. The molecule has 0 radical (unpaired) electrons. The first-order valence-electron chi connectivity index (χ1n) is 8.77. The minimum absolute atomic E-state index is 0.285. The molecule has 166 valence electrons. The Morgan fingerprint density at radius 3 is 1.50 bits per heavy atom. The summed E-state index contributed by atoms with van der Waals surface area (Å²) < 4.78 is 102. The predicted octanol–water partition coefficient (Wildman–Crippen LogP) is 0.598. The van der Waals surface area contributed by atoms with E-state index in [0.717, 1.165) is 6.08 Å². The van der Waals surface area contributed by atoms with Gasteiger partial charge in [-0.15, -0.1) is 0 Å². The Morgan fingerprint density at radius 1 is 0.594 bits per heavy atom. The first-order chi connectivity index (χ1) is 14.9. The van der Waals surface area contributed by atoms with E-state index in [0.29, 0.717) is 12.1 Å². The number of benzene rings is 2. The molecule has 0 saturated carbocycles. The van der Waals surface area contributed by atoms with Crippen LogP contribution in [-0.2, 0) is 39.3 Å². The molecule has 0 aromatic heterocycles. The van der Waals surface area contributed by atoms with Gasteiger partial charge in [-0.2, -0.15) is 0 Å². The van der Waals surface area contributed by atoms with Gasteiger partial charge in [0.05, 0.1) is 19.6 Å². The van der Waals surface area contributed by atoms with Gasteiger partial charge in [0, 0.05) is 12.4 Å². The highest BCUT2D eigenvalue weighted by Gasteiger charge is 2.53. The van der Waals surface area contributed by atoms with E-state index < -0.39 is 67.4 Å². The molecule has 3 heterocycles. The second kappa shape index (κ2) is 6.31. The quantitative estimate of drug-likeness (QED) is 0.553. The van der Waals surface area contributed by atoms with Gasteiger partial charge in [-0.1, -0.05) is 30.3 Å². The summed E-state index contributed by atoms with van der Waals surface area (Å²) in [5.74, 6) is -0.336. The lowest BCUT2D eigenvalue weighted by Gasteiger charge is -2.04. The molecule has 5 rings (SSSR count). The summed E-state index contributed by atoms with van der Waals surface area (Å²) in [6.45, 7) is 0. The average molecular weight is 513 g/mol. The summed E-state index contributed by atoms with van der Waals surface area (Å²) in [4.78, 5) is -3.16. The molecular formula is C18H12N2O8S4. The Balaban J connectivity index is 1.82. The smallest absolute Gasteiger partial charge is 0.222 e. The second-order valence-corrected chi connectivity index (χ2v) is 14.9. The van der Waals surface area contributed by atoms with Crippen molar-refractivity contribution in [1.29, 1.82) is 0 Å². The van der Waals surface area contributed by atoms with E-state index in [1.165, 1.54) is 24.5 Å². The van der Waals surface area contributed by atoms with Gasteiger partial charge < -0.3 is 10.6 Å². The van der Waals surface area contributed by atoms with Crippen LogP contribution < -0.4 is 10.6 Å². The largest absolute Gasteiger partial charge is 0.345 e. The van der Waals surface area contributed by atoms with Crippen LogP contribution in [0, 0.1) is 0 Å². The Kier molecular flexibility index (Phi) is 4.13. The minimum atomic E-state index is -4.67. The standard InChI is InChI=1S/C18H12N2O8S4/c21-29(22)12-9-14-15(32(27,28)18(31(14,25)26)17-19-6-7-20-17)10-13(12)30(23,24)16(29)8-11-4-2-1-3-5-11/h1-10,19-20H. The zero-order valence-electron chi connectivity index (χ0n) is 15.7. The summed E-state index contributed by atoms with van der Waals surface area (Å²) in [6, 6.07) is 9.00. The van der Waals surface area contributed by atoms with Crippen LogP contribution in [0.25, 0.3) is 6.08 Å². The molecule has 3 aliphatic heterocycles. The van der Waals surface area contributed by atoms with Crippen molar-refractivity contribution in [2.45, 2.75) is 19.6 Å². The minimum Gasteiger partial charge on any atom is -0.345 e. The Morgan fingerprint density at radius 2 is 1.03 bits per heavy atom. The SMILES string of the molecule is O=S1(=O)C(=Cc2ccccc2)S(=O)(=O)c2cc3c(cc21)S(=O)(=O)C(=C1NC=CN1)S3(=O)=O. The molecule has 0 amide bonds. The van der Waals surface area contributed by atoms with E-state index in [1.54, 1.807) is 18.2 Å². The first-order valence-corrected chi connectivity index (χ1v) is 14.7. The summed E-state index contributed by atoms with van der Waals surface area (Å²) in [7, 11) is -18.6. The number of hydrogen-bond acceptors (Lipinski definition) is 10. The predicted molar refractivity (Wildman–Crippen MR) is 112 cm³/mol. The van der Waals surface area contributed by atoms with Crippen molar-refractivity contribution in [1.82, 2.24) is 10.6 Å². The molecule has 10 nitrogen and oxygen atoms in total. The van der Waals surface area contributed by atoms with Gasteiger partial charge in [0.1, 0.15) is 5.82 Å². The highest BCUT2D eigenvalue weighted by molar-refractivity contribution is 8.18. The van der Waals surface area contributed by atoms with Crippen molar-refractivity contribution < 1.29 is 33.7 Å². The van der Waals surface area contributed by atoms with Crippen molar-refractivity contribution in [3.8, 4) is 0 Å². The molecule has 0 atom stereocenters. The summed E-state index contributed by atoms with van der Waals surface area (Å²) >= 11 is 0. The van der Waals surface area contributed by atoms with Crippen LogP contribution in [0.4, 0.5) is 0 Å². The first kappa shape index (κ1) is 20.9. The molecule has 0 aliphatic carbocycles. The number of hydrogen-bond donors (Lipinski definition) is 2. The molecule has 0 bridgehead atoms. The Hall–Kier alpha value is -2.94. The summed E-state index contributed by atoms with van der Waals surface area (Å²) in [5, 5.41) is 4.91. The average Bonchev–Trinajstić information content (AvgIpc) is 3.32. The molecule has 32 heavy (non-hydrogen) atoms. The van der Waals surface area contributed by atoms with Crippen molar-refractivity contribution in [3.05, 3.63) is 74.7 Å². The van der Waals surface area contributed by atoms with Crippen LogP contribution in [0.15, 0.2) is 88.7 Å². The van der Waals surface area contributed by atoms with E-state index in [-0.39, 0.29) is 11.4 Å². The third kappa shape index (κ3) is 2.60. The molecular weight excluding hydrogens is 500 g/mol. The van der Waals surface area contributed by atoms with Gasteiger partial charge in [-0.3, -0.25) is 0 Å². The Bertz CT molecular complexity index is 1640. The number of nitrogens with one attached hydrogen (secondary N) is 2. The molecule has 0 saturated heterocycles. The molecule has 14 heteroatoms. The van der Waals surface area contributed by atoms with E-state index in [4.69, 9.17) is 0 Å². The zero-order valence-corrected chi connectivity index (χ0v) is 18.9. The van der Waals surface area contributed by atoms with E-state index in [2.05, 4.69) is 10.6 Å². The number of rotatable bonds is 1. The van der Waals surface area contributed by atoms with E-state index in [1.807, 2.05) is 0 Å². The zero-order chi connectivity index (χ0) is 23.1. The maximum absolute atomic E-state index is 13.1. The van der Waals surface area contributed by atoms with Crippen LogP contribution in [0.2, 0.25) is 0 Å². The molecule has 2 aromatic carbocycles. The van der Waals surface area contributed by atoms with Gasteiger partial charge in [-0.05, 0) is 23.8 Å².